The van der Waals surface area contributed by atoms with Crippen LogP contribution in [0.25, 0.3) is 0 Å². The third-order valence-electron chi connectivity index (χ3n) is 3.27. The molecule has 0 spiro atoms. The molecular weight excluding hydrogens is 264 g/mol. The van der Waals surface area contributed by atoms with E-state index < -0.39 is 6.10 Å². The third kappa shape index (κ3) is 4.07. The molecule has 0 heterocycles. The molecular formula is C17H20N2O2. The second-order valence-electron chi connectivity index (χ2n) is 5.08. The Morgan fingerprint density at radius 2 is 1.86 bits per heavy atom. The number of hydrogen-bond donors (Lipinski definition) is 2. The largest absolute Gasteiger partial charge is 0.387 e. The Hall–Kier alpha value is -2.33. The van der Waals surface area contributed by atoms with Crippen LogP contribution in [-0.2, 0) is 0 Å². The summed E-state index contributed by atoms with van der Waals surface area (Å²) in [6.07, 6.45) is -0.702. The topological polar surface area (TPSA) is 52.6 Å². The molecule has 0 aliphatic carbocycles. The van der Waals surface area contributed by atoms with Gasteiger partial charge in [-0.25, -0.2) is 0 Å². The molecule has 2 N–H and O–H groups in total. The highest BCUT2D eigenvalue weighted by atomic mass is 16.3. The Morgan fingerprint density at radius 3 is 2.52 bits per heavy atom. The number of benzene rings is 2. The number of carbonyl (C=O) groups is 1. The maximum absolute atomic E-state index is 12.1. The maximum Gasteiger partial charge on any atom is 0.251 e. The van der Waals surface area contributed by atoms with E-state index in [4.69, 9.17) is 0 Å². The van der Waals surface area contributed by atoms with Crippen LogP contribution in [0.2, 0.25) is 0 Å². The van der Waals surface area contributed by atoms with Crippen LogP contribution in [-0.4, -0.2) is 31.7 Å². The highest BCUT2D eigenvalue weighted by Gasteiger charge is 2.11. The number of hydrogen-bond acceptors (Lipinski definition) is 3. The van der Waals surface area contributed by atoms with E-state index in [2.05, 4.69) is 5.32 Å². The van der Waals surface area contributed by atoms with Gasteiger partial charge in [0.25, 0.3) is 5.91 Å². The zero-order chi connectivity index (χ0) is 15.2. The van der Waals surface area contributed by atoms with E-state index in [9.17, 15) is 9.90 Å². The van der Waals surface area contributed by atoms with Gasteiger partial charge >= 0.3 is 0 Å². The van der Waals surface area contributed by atoms with Crippen molar-refractivity contribution in [1.82, 2.24) is 5.32 Å². The molecule has 0 unspecified atom stereocenters. The lowest BCUT2D eigenvalue weighted by Gasteiger charge is -2.15. The average Bonchev–Trinajstić information content (AvgIpc) is 2.53. The highest BCUT2D eigenvalue weighted by molar-refractivity contribution is 5.95. The number of aliphatic hydroxyl groups is 1. The molecule has 0 aromatic heterocycles. The van der Waals surface area contributed by atoms with Crippen LogP contribution in [0.3, 0.4) is 0 Å². The predicted molar refractivity (Wildman–Crippen MR) is 84.5 cm³/mol. The first kappa shape index (κ1) is 15.1. The van der Waals surface area contributed by atoms with Crippen molar-refractivity contribution in [3.05, 3.63) is 65.7 Å². The van der Waals surface area contributed by atoms with E-state index in [1.165, 1.54) is 0 Å². The number of carbonyl (C=O) groups excluding carboxylic acids is 1. The molecule has 110 valence electrons. The SMILES string of the molecule is CN(C)c1cccc(C(=O)NC[C@@H](O)c2ccccc2)c1. The van der Waals surface area contributed by atoms with Gasteiger partial charge in [-0.05, 0) is 23.8 Å². The number of amides is 1. The van der Waals surface area contributed by atoms with Gasteiger partial charge in [0.1, 0.15) is 0 Å². The van der Waals surface area contributed by atoms with Crippen LogP contribution >= 0.6 is 0 Å². The molecule has 0 bridgehead atoms. The van der Waals surface area contributed by atoms with Gasteiger partial charge in [-0.1, -0.05) is 36.4 Å². The standard InChI is InChI=1S/C17H20N2O2/c1-19(2)15-10-6-9-14(11-15)17(21)18-12-16(20)13-7-4-3-5-8-13/h3-11,16,20H,12H2,1-2H3,(H,18,21)/t16-/m1/s1. The van der Waals surface area contributed by atoms with E-state index in [-0.39, 0.29) is 12.5 Å². The lowest BCUT2D eigenvalue weighted by molar-refractivity contribution is 0.0916. The van der Waals surface area contributed by atoms with Crippen LogP contribution in [0.15, 0.2) is 54.6 Å². The lowest BCUT2D eigenvalue weighted by Crippen LogP contribution is -2.28. The van der Waals surface area contributed by atoms with Crippen molar-refractivity contribution in [2.24, 2.45) is 0 Å². The molecule has 4 nitrogen and oxygen atoms in total. The Balaban J connectivity index is 1.97. The second kappa shape index (κ2) is 6.90. The Kier molecular flexibility index (Phi) is 4.95. The summed E-state index contributed by atoms with van der Waals surface area (Å²) in [5.74, 6) is -0.186. The van der Waals surface area contributed by atoms with Crippen LogP contribution in [0.1, 0.15) is 22.0 Å². The predicted octanol–water partition coefficient (Wildman–Crippen LogP) is 2.22. The highest BCUT2D eigenvalue weighted by Crippen LogP contribution is 2.14. The van der Waals surface area contributed by atoms with Crippen LogP contribution < -0.4 is 10.2 Å². The minimum atomic E-state index is -0.702. The van der Waals surface area contributed by atoms with Crippen molar-refractivity contribution in [3.8, 4) is 0 Å². The smallest absolute Gasteiger partial charge is 0.251 e. The molecule has 0 fully saturated rings. The summed E-state index contributed by atoms with van der Waals surface area (Å²) in [4.78, 5) is 14.1. The number of nitrogens with one attached hydrogen (secondary N) is 1. The van der Waals surface area contributed by atoms with Crippen LogP contribution in [0.5, 0.6) is 0 Å². The van der Waals surface area contributed by atoms with E-state index in [0.717, 1.165) is 11.3 Å². The third-order valence-corrected chi connectivity index (χ3v) is 3.27. The average molecular weight is 284 g/mol. The van der Waals surface area contributed by atoms with E-state index >= 15 is 0 Å². The summed E-state index contributed by atoms with van der Waals surface area (Å²) in [5.41, 5.74) is 2.34. The monoisotopic (exact) mass is 284 g/mol. The van der Waals surface area contributed by atoms with Crippen molar-refractivity contribution in [3.63, 3.8) is 0 Å². The van der Waals surface area contributed by atoms with Gasteiger partial charge in [0.15, 0.2) is 0 Å². The van der Waals surface area contributed by atoms with Gasteiger partial charge in [0.2, 0.25) is 0 Å². The summed E-state index contributed by atoms with van der Waals surface area (Å²) in [7, 11) is 3.85. The number of nitrogens with zero attached hydrogens (tertiary/aromatic N) is 1. The molecule has 21 heavy (non-hydrogen) atoms. The summed E-state index contributed by atoms with van der Waals surface area (Å²) in [6, 6.07) is 16.7. The molecule has 0 aliphatic heterocycles. The first-order valence-corrected chi connectivity index (χ1v) is 6.86. The van der Waals surface area contributed by atoms with E-state index in [0.29, 0.717) is 5.56 Å². The lowest BCUT2D eigenvalue weighted by atomic mass is 10.1. The Morgan fingerprint density at radius 1 is 1.14 bits per heavy atom. The molecule has 0 radical (unpaired) electrons. The minimum Gasteiger partial charge on any atom is -0.387 e. The quantitative estimate of drug-likeness (QED) is 0.885. The summed E-state index contributed by atoms with van der Waals surface area (Å²) in [5, 5.41) is 12.8. The fourth-order valence-electron chi connectivity index (χ4n) is 2.01. The fraction of sp³-hybridized carbons (Fsp3) is 0.235. The van der Waals surface area contributed by atoms with E-state index in [1.54, 1.807) is 6.07 Å². The normalized spacial score (nSPS) is 11.8. The minimum absolute atomic E-state index is 0.186. The molecule has 1 amide bonds. The van der Waals surface area contributed by atoms with Crippen molar-refractivity contribution in [2.75, 3.05) is 25.5 Å². The fourth-order valence-corrected chi connectivity index (χ4v) is 2.01. The summed E-state index contributed by atoms with van der Waals surface area (Å²) < 4.78 is 0. The molecule has 0 aliphatic rings. The Labute approximate surface area is 125 Å². The van der Waals surface area contributed by atoms with Gasteiger partial charge in [-0.15, -0.1) is 0 Å². The van der Waals surface area contributed by atoms with Crippen molar-refractivity contribution >= 4 is 11.6 Å². The Bertz CT molecular complexity index is 597. The molecule has 0 saturated heterocycles. The van der Waals surface area contributed by atoms with Crippen molar-refractivity contribution in [1.29, 1.82) is 0 Å². The molecule has 2 aromatic carbocycles. The number of rotatable bonds is 5. The first-order valence-electron chi connectivity index (χ1n) is 6.86. The van der Waals surface area contributed by atoms with Crippen LogP contribution in [0.4, 0.5) is 5.69 Å². The van der Waals surface area contributed by atoms with E-state index in [1.807, 2.05) is 67.5 Å². The van der Waals surface area contributed by atoms with Gasteiger partial charge in [0, 0.05) is 31.9 Å². The van der Waals surface area contributed by atoms with Crippen molar-refractivity contribution < 1.29 is 9.90 Å². The van der Waals surface area contributed by atoms with Gasteiger partial charge in [-0.3, -0.25) is 4.79 Å². The maximum atomic E-state index is 12.1. The molecule has 2 rings (SSSR count). The number of anilines is 1. The van der Waals surface area contributed by atoms with Gasteiger partial charge < -0.3 is 15.3 Å². The van der Waals surface area contributed by atoms with Gasteiger partial charge in [0.05, 0.1) is 6.10 Å². The van der Waals surface area contributed by atoms with Gasteiger partial charge in [-0.2, -0.15) is 0 Å². The molecule has 1 atom stereocenters. The number of aliphatic hydroxyl groups excluding tert-OH is 1. The second-order valence-corrected chi connectivity index (χ2v) is 5.08. The zero-order valence-electron chi connectivity index (χ0n) is 12.3. The zero-order valence-corrected chi connectivity index (χ0v) is 12.3. The molecule has 2 aromatic rings. The van der Waals surface area contributed by atoms with Crippen molar-refractivity contribution in [2.45, 2.75) is 6.10 Å². The summed E-state index contributed by atoms with van der Waals surface area (Å²) in [6.45, 7) is 0.190. The van der Waals surface area contributed by atoms with Crippen LogP contribution in [0, 0.1) is 0 Å². The first-order chi connectivity index (χ1) is 10.1. The molecule has 0 saturated carbocycles. The summed E-state index contributed by atoms with van der Waals surface area (Å²) >= 11 is 0. The molecule has 4 heteroatoms.